The molecule has 1 atom stereocenters. The first-order chi connectivity index (χ1) is 8.05. The number of aliphatic hydroxyl groups is 1. The summed E-state index contributed by atoms with van der Waals surface area (Å²) in [5.41, 5.74) is 0.0395. The third kappa shape index (κ3) is 3.62. The van der Waals surface area contributed by atoms with Gasteiger partial charge in [0.1, 0.15) is 0 Å². The molecule has 2 rings (SSSR count). The van der Waals surface area contributed by atoms with Crippen molar-refractivity contribution >= 4 is 12.6 Å². The van der Waals surface area contributed by atoms with Gasteiger partial charge in [0.05, 0.1) is 5.60 Å². The van der Waals surface area contributed by atoms with Crippen LogP contribution in [0.3, 0.4) is 0 Å². The van der Waals surface area contributed by atoms with E-state index >= 15 is 0 Å². The summed E-state index contributed by atoms with van der Waals surface area (Å²) in [7, 11) is 0. The molecule has 2 aliphatic rings. The van der Waals surface area contributed by atoms with Crippen LogP contribution in [0.25, 0.3) is 0 Å². The molecule has 2 nitrogen and oxygen atoms in total. The van der Waals surface area contributed by atoms with Gasteiger partial charge in [0.2, 0.25) is 0 Å². The molecule has 17 heavy (non-hydrogen) atoms. The van der Waals surface area contributed by atoms with Gasteiger partial charge in [-0.25, -0.2) is 0 Å². The second-order valence-electron chi connectivity index (χ2n) is 6.49. The van der Waals surface area contributed by atoms with Crippen LogP contribution in [0.1, 0.15) is 51.9 Å². The van der Waals surface area contributed by atoms with Crippen LogP contribution in [0, 0.1) is 5.41 Å². The molecule has 0 radical (unpaired) electrons. The molecule has 3 heteroatoms. The van der Waals surface area contributed by atoms with Crippen LogP contribution >= 0.6 is 12.6 Å². The molecule has 1 aliphatic carbocycles. The lowest BCUT2D eigenvalue weighted by atomic mass is 9.87. The highest BCUT2D eigenvalue weighted by Crippen LogP contribution is 2.40. The van der Waals surface area contributed by atoms with E-state index in [1.165, 1.54) is 32.2 Å². The second kappa shape index (κ2) is 5.50. The first-order valence-corrected chi connectivity index (χ1v) is 7.74. The van der Waals surface area contributed by atoms with E-state index in [4.69, 9.17) is 0 Å². The zero-order valence-corrected chi connectivity index (χ0v) is 12.0. The van der Waals surface area contributed by atoms with Crippen molar-refractivity contribution in [2.24, 2.45) is 5.41 Å². The topological polar surface area (TPSA) is 23.5 Å². The lowest BCUT2D eigenvalue weighted by Gasteiger charge is -2.34. The van der Waals surface area contributed by atoms with E-state index in [-0.39, 0.29) is 0 Å². The van der Waals surface area contributed by atoms with Gasteiger partial charge in [-0.3, -0.25) is 0 Å². The number of hydrogen-bond acceptors (Lipinski definition) is 3. The predicted octanol–water partition coefficient (Wildman–Crippen LogP) is 2.71. The number of thiol groups is 1. The molecule has 1 saturated heterocycles. The van der Waals surface area contributed by atoms with E-state index in [9.17, 15) is 5.11 Å². The smallest absolute Gasteiger partial charge is 0.0632 e. The maximum atomic E-state index is 10.1. The van der Waals surface area contributed by atoms with Crippen LogP contribution in [-0.2, 0) is 0 Å². The molecule has 0 amide bonds. The molecule has 1 unspecified atom stereocenters. The average molecular weight is 257 g/mol. The van der Waals surface area contributed by atoms with Crippen LogP contribution in [0.2, 0.25) is 0 Å². The quantitative estimate of drug-likeness (QED) is 0.760. The first-order valence-electron chi connectivity index (χ1n) is 7.11. The molecule has 1 N–H and O–H groups in total. The zero-order chi connectivity index (χ0) is 12.4. The molecule has 1 heterocycles. The molecule has 0 aromatic heterocycles. The van der Waals surface area contributed by atoms with Gasteiger partial charge >= 0.3 is 0 Å². The van der Waals surface area contributed by atoms with E-state index in [2.05, 4.69) is 17.5 Å². The Hall–Kier alpha value is 0.270. The number of nitrogens with zero attached hydrogens (tertiary/aromatic N) is 1. The Morgan fingerprint density at radius 3 is 2.41 bits per heavy atom. The Labute approximate surface area is 111 Å². The fourth-order valence-corrected chi connectivity index (χ4v) is 3.86. The van der Waals surface area contributed by atoms with E-state index < -0.39 is 5.60 Å². The highest BCUT2D eigenvalue weighted by molar-refractivity contribution is 7.80. The molecule has 1 aliphatic heterocycles. The molecule has 100 valence electrons. The van der Waals surface area contributed by atoms with E-state index in [1.807, 2.05) is 6.92 Å². The van der Waals surface area contributed by atoms with Crippen molar-refractivity contribution in [1.29, 1.82) is 0 Å². The monoisotopic (exact) mass is 257 g/mol. The Bertz CT molecular complexity index is 249. The van der Waals surface area contributed by atoms with Crippen molar-refractivity contribution in [3.8, 4) is 0 Å². The summed E-state index contributed by atoms with van der Waals surface area (Å²) < 4.78 is 0. The molecule has 0 spiro atoms. The highest BCUT2D eigenvalue weighted by Gasteiger charge is 2.35. The molecule has 1 saturated carbocycles. The minimum atomic E-state index is -0.432. The SMILES string of the molecule is CC1(O)CCCN(CC2(CS)CCCC2)CC1. The second-order valence-corrected chi connectivity index (χ2v) is 6.81. The molecule has 2 fully saturated rings. The van der Waals surface area contributed by atoms with Gasteiger partial charge in [0, 0.05) is 13.1 Å². The van der Waals surface area contributed by atoms with Gasteiger partial charge < -0.3 is 10.0 Å². The number of hydrogen-bond donors (Lipinski definition) is 2. The van der Waals surface area contributed by atoms with Gasteiger partial charge in [0.15, 0.2) is 0 Å². The van der Waals surface area contributed by atoms with Crippen LogP contribution < -0.4 is 0 Å². The van der Waals surface area contributed by atoms with Gasteiger partial charge in [-0.05, 0) is 56.7 Å². The largest absolute Gasteiger partial charge is 0.390 e. The van der Waals surface area contributed by atoms with Gasteiger partial charge in [-0.2, -0.15) is 12.6 Å². The van der Waals surface area contributed by atoms with Crippen LogP contribution in [0.4, 0.5) is 0 Å². The van der Waals surface area contributed by atoms with E-state index in [1.54, 1.807) is 0 Å². The first kappa shape index (κ1) is 13.7. The van der Waals surface area contributed by atoms with Crippen molar-refractivity contribution in [2.75, 3.05) is 25.4 Å². The summed E-state index contributed by atoms with van der Waals surface area (Å²) in [5.74, 6) is 1.03. The fraction of sp³-hybridized carbons (Fsp3) is 1.00. The van der Waals surface area contributed by atoms with Crippen molar-refractivity contribution < 1.29 is 5.11 Å². The molecular formula is C14H27NOS. The van der Waals surface area contributed by atoms with Crippen molar-refractivity contribution in [3.63, 3.8) is 0 Å². The Kier molecular flexibility index (Phi) is 4.43. The van der Waals surface area contributed by atoms with Crippen molar-refractivity contribution in [3.05, 3.63) is 0 Å². The minimum absolute atomic E-state index is 0.432. The predicted molar refractivity (Wildman–Crippen MR) is 75.7 cm³/mol. The third-order valence-electron chi connectivity index (χ3n) is 4.71. The molecule has 0 bridgehead atoms. The summed E-state index contributed by atoms with van der Waals surface area (Å²) in [5, 5.41) is 10.1. The average Bonchev–Trinajstić information content (AvgIpc) is 2.68. The Morgan fingerprint density at radius 2 is 1.76 bits per heavy atom. The van der Waals surface area contributed by atoms with Crippen LogP contribution in [-0.4, -0.2) is 41.0 Å². The summed E-state index contributed by atoms with van der Waals surface area (Å²) in [6.45, 7) is 5.40. The van der Waals surface area contributed by atoms with Crippen LogP contribution in [0.15, 0.2) is 0 Å². The third-order valence-corrected chi connectivity index (χ3v) is 5.39. The summed E-state index contributed by atoms with van der Waals surface area (Å²) >= 11 is 4.59. The van der Waals surface area contributed by atoms with E-state index in [0.29, 0.717) is 5.41 Å². The number of rotatable bonds is 3. The molecular weight excluding hydrogens is 230 g/mol. The zero-order valence-electron chi connectivity index (χ0n) is 11.1. The lowest BCUT2D eigenvalue weighted by molar-refractivity contribution is 0.0431. The normalized spacial score (nSPS) is 34.8. The molecule has 0 aromatic rings. The van der Waals surface area contributed by atoms with Crippen molar-refractivity contribution in [2.45, 2.75) is 57.5 Å². The number of likely N-dealkylation sites (tertiary alicyclic amines) is 1. The Morgan fingerprint density at radius 1 is 1.06 bits per heavy atom. The lowest BCUT2D eigenvalue weighted by Crippen LogP contribution is -2.38. The standard InChI is InChI=1S/C14H27NOS/c1-13(16)5-4-9-15(10-8-13)11-14(12-17)6-2-3-7-14/h16-17H,2-12H2,1H3. The van der Waals surface area contributed by atoms with E-state index in [0.717, 1.165) is 38.1 Å². The maximum Gasteiger partial charge on any atom is 0.0632 e. The summed E-state index contributed by atoms with van der Waals surface area (Å²) in [6.07, 6.45) is 8.48. The molecule has 0 aromatic carbocycles. The highest BCUT2D eigenvalue weighted by atomic mass is 32.1. The maximum absolute atomic E-state index is 10.1. The van der Waals surface area contributed by atoms with Crippen LogP contribution in [0.5, 0.6) is 0 Å². The van der Waals surface area contributed by atoms with Crippen molar-refractivity contribution in [1.82, 2.24) is 4.90 Å². The fourth-order valence-electron chi connectivity index (χ4n) is 3.44. The summed E-state index contributed by atoms with van der Waals surface area (Å²) in [4.78, 5) is 2.57. The summed E-state index contributed by atoms with van der Waals surface area (Å²) in [6, 6.07) is 0. The minimum Gasteiger partial charge on any atom is -0.390 e. The van der Waals surface area contributed by atoms with Gasteiger partial charge in [-0.1, -0.05) is 12.8 Å². The van der Waals surface area contributed by atoms with Gasteiger partial charge in [0.25, 0.3) is 0 Å². The van der Waals surface area contributed by atoms with Gasteiger partial charge in [-0.15, -0.1) is 0 Å². The Balaban J connectivity index is 1.90.